The Kier molecular flexibility index (Phi) is 3.46. The number of hydrogen-bond donors (Lipinski definition) is 2. The molecule has 0 aromatic heterocycles. The minimum atomic E-state index is -0.474. The summed E-state index contributed by atoms with van der Waals surface area (Å²) >= 11 is 0. The fourth-order valence-corrected chi connectivity index (χ4v) is 1.67. The first-order chi connectivity index (χ1) is 6.56. The summed E-state index contributed by atoms with van der Waals surface area (Å²) in [5.74, 6) is -0.135. The van der Waals surface area contributed by atoms with Gasteiger partial charge in [0.2, 0.25) is 11.8 Å². The van der Waals surface area contributed by atoms with Gasteiger partial charge in [0, 0.05) is 20.1 Å². The maximum Gasteiger partial charge on any atom is 0.239 e. The van der Waals surface area contributed by atoms with Crippen LogP contribution in [0.5, 0.6) is 0 Å². The van der Waals surface area contributed by atoms with E-state index in [-0.39, 0.29) is 17.7 Å². The maximum atomic E-state index is 11.5. The van der Waals surface area contributed by atoms with E-state index in [1.54, 1.807) is 18.9 Å². The van der Waals surface area contributed by atoms with Gasteiger partial charge in [-0.25, -0.2) is 0 Å². The van der Waals surface area contributed by atoms with E-state index < -0.39 is 6.04 Å². The summed E-state index contributed by atoms with van der Waals surface area (Å²) in [6.45, 7) is 2.80. The molecule has 0 aromatic rings. The van der Waals surface area contributed by atoms with Gasteiger partial charge in [-0.1, -0.05) is 0 Å². The molecular formula is C9H17N3O2. The highest BCUT2D eigenvalue weighted by Crippen LogP contribution is 2.16. The van der Waals surface area contributed by atoms with Crippen LogP contribution in [0, 0.1) is 5.92 Å². The van der Waals surface area contributed by atoms with Crippen LogP contribution in [0.2, 0.25) is 0 Å². The van der Waals surface area contributed by atoms with Gasteiger partial charge in [0.05, 0.1) is 12.0 Å². The minimum Gasteiger partial charge on any atom is -0.359 e. The third-order valence-corrected chi connectivity index (χ3v) is 2.51. The van der Waals surface area contributed by atoms with Gasteiger partial charge in [0.1, 0.15) is 0 Å². The van der Waals surface area contributed by atoms with E-state index >= 15 is 0 Å². The highest BCUT2D eigenvalue weighted by atomic mass is 16.2. The van der Waals surface area contributed by atoms with Crippen LogP contribution in [0.15, 0.2) is 0 Å². The summed E-state index contributed by atoms with van der Waals surface area (Å²) in [5, 5.41) is 2.59. The number of nitrogens with two attached hydrogens (primary N) is 1. The number of nitrogens with zero attached hydrogens (tertiary/aromatic N) is 1. The highest BCUT2D eigenvalue weighted by Gasteiger charge is 2.31. The van der Waals surface area contributed by atoms with Gasteiger partial charge in [-0.15, -0.1) is 0 Å². The van der Waals surface area contributed by atoms with Crippen LogP contribution in [0.3, 0.4) is 0 Å². The van der Waals surface area contributed by atoms with Gasteiger partial charge in [0.15, 0.2) is 0 Å². The number of hydrogen-bond acceptors (Lipinski definition) is 3. The molecule has 0 bridgehead atoms. The molecule has 0 aliphatic carbocycles. The molecule has 1 fully saturated rings. The standard InChI is InChI=1S/C9H17N3O2/c1-6(10)9(14)12-4-3-7(5-12)8(13)11-2/h6-7H,3-5,10H2,1-2H3,(H,11,13)/t6-,7?/m0/s1. The molecule has 14 heavy (non-hydrogen) atoms. The maximum absolute atomic E-state index is 11.5. The fraction of sp³-hybridized carbons (Fsp3) is 0.778. The molecule has 1 aliphatic rings. The van der Waals surface area contributed by atoms with Gasteiger partial charge >= 0.3 is 0 Å². The van der Waals surface area contributed by atoms with Gasteiger partial charge in [-0.3, -0.25) is 9.59 Å². The molecule has 80 valence electrons. The first kappa shape index (κ1) is 11.0. The van der Waals surface area contributed by atoms with Crippen LogP contribution < -0.4 is 11.1 Å². The molecule has 0 spiro atoms. The first-order valence-electron chi connectivity index (χ1n) is 4.82. The first-order valence-corrected chi connectivity index (χ1v) is 4.82. The van der Waals surface area contributed by atoms with Crippen molar-refractivity contribution in [1.29, 1.82) is 0 Å². The molecule has 0 radical (unpaired) electrons. The third-order valence-electron chi connectivity index (χ3n) is 2.51. The summed E-state index contributed by atoms with van der Waals surface area (Å²) < 4.78 is 0. The molecule has 5 nitrogen and oxygen atoms in total. The summed E-state index contributed by atoms with van der Waals surface area (Å²) in [4.78, 5) is 24.4. The van der Waals surface area contributed by atoms with Crippen molar-refractivity contribution in [1.82, 2.24) is 10.2 Å². The molecule has 1 heterocycles. The Morgan fingerprint density at radius 1 is 1.57 bits per heavy atom. The van der Waals surface area contributed by atoms with E-state index in [4.69, 9.17) is 5.73 Å². The van der Waals surface area contributed by atoms with Gasteiger partial charge < -0.3 is 16.0 Å². The van der Waals surface area contributed by atoms with Crippen molar-refractivity contribution in [3.8, 4) is 0 Å². The number of likely N-dealkylation sites (tertiary alicyclic amines) is 1. The minimum absolute atomic E-state index is 0.00461. The van der Waals surface area contributed by atoms with Crippen molar-refractivity contribution in [3.63, 3.8) is 0 Å². The highest BCUT2D eigenvalue weighted by molar-refractivity contribution is 5.84. The lowest BCUT2D eigenvalue weighted by atomic mass is 10.1. The Morgan fingerprint density at radius 3 is 2.71 bits per heavy atom. The molecule has 2 amide bonds. The second-order valence-corrected chi connectivity index (χ2v) is 3.67. The zero-order valence-corrected chi connectivity index (χ0v) is 8.62. The second kappa shape index (κ2) is 4.41. The van der Waals surface area contributed by atoms with Crippen molar-refractivity contribution in [2.75, 3.05) is 20.1 Å². The average Bonchev–Trinajstić information content (AvgIpc) is 2.64. The number of carbonyl (C=O) groups excluding carboxylic acids is 2. The largest absolute Gasteiger partial charge is 0.359 e. The van der Waals surface area contributed by atoms with Gasteiger partial charge in [0.25, 0.3) is 0 Å². The van der Waals surface area contributed by atoms with E-state index in [2.05, 4.69) is 5.32 Å². The molecule has 3 N–H and O–H groups in total. The Morgan fingerprint density at radius 2 is 2.21 bits per heavy atom. The van der Waals surface area contributed by atoms with Crippen LogP contribution in [0.4, 0.5) is 0 Å². The summed E-state index contributed by atoms with van der Waals surface area (Å²) in [6, 6.07) is -0.474. The third kappa shape index (κ3) is 2.23. The normalized spacial score (nSPS) is 23.4. The monoisotopic (exact) mass is 199 g/mol. The fourth-order valence-electron chi connectivity index (χ4n) is 1.67. The van der Waals surface area contributed by atoms with Crippen molar-refractivity contribution < 1.29 is 9.59 Å². The molecule has 2 atom stereocenters. The molecule has 5 heteroatoms. The SMILES string of the molecule is CNC(=O)C1CCN(C(=O)[C@H](C)N)C1. The summed E-state index contributed by atoms with van der Waals surface area (Å²) in [5.41, 5.74) is 5.48. The summed E-state index contributed by atoms with van der Waals surface area (Å²) in [7, 11) is 1.61. The predicted molar refractivity (Wildman–Crippen MR) is 52.4 cm³/mol. The number of nitrogens with one attached hydrogen (secondary N) is 1. The smallest absolute Gasteiger partial charge is 0.239 e. The van der Waals surface area contributed by atoms with Crippen LogP contribution in [0.25, 0.3) is 0 Å². The average molecular weight is 199 g/mol. The van der Waals surface area contributed by atoms with Crippen molar-refractivity contribution >= 4 is 11.8 Å². The lowest BCUT2D eigenvalue weighted by Crippen LogP contribution is -2.41. The zero-order chi connectivity index (χ0) is 10.7. The molecule has 0 saturated carbocycles. The topological polar surface area (TPSA) is 75.4 Å². The van der Waals surface area contributed by atoms with E-state index in [1.807, 2.05) is 0 Å². The quantitative estimate of drug-likeness (QED) is 0.594. The second-order valence-electron chi connectivity index (χ2n) is 3.67. The Bertz CT molecular complexity index is 240. The molecule has 1 rings (SSSR count). The van der Waals surface area contributed by atoms with Gasteiger partial charge in [-0.05, 0) is 13.3 Å². The summed E-state index contributed by atoms with van der Waals surface area (Å²) in [6.07, 6.45) is 0.734. The van der Waals surface area contributed by atoms with E-state index in [9.17, 15) is 9.59 Å². The van der Waals surface area contributed by atoms with E-state index in [0.29, 0.717) is 13.1 Å². The Labute approximate surface area is 83.6 Å². The van der Waals surface area contributed by atoms with Crippen molar-refractivity contribution in [3.05, 3.63) is 0 Å². The van der Waals surface area contributed by atoms with Crippen molar-refractivity contribution in [2.45, 2.75) is 19.4 Å². The van der Waals surface area contributed by atoms with Crippen LogP contribution in [0.1, 0.15) is 13.3 Å². The number of amides is 2. The van der Waals surface area contributed by atoms with Gasteiger partial charge in [-0.2, -0.15) is 0 Å². The molecular weight excluding hydrogens is 182 g/mol. The lowest BCUT2D eigenvalue weighted by Gasteiger charge is -2.18. The molecule has 1 aliphatic heterocycles. The lowest BCUT2D eigenvalue weighted by molar-refractivity contribution is -0.131. The number of carbonyl (C=O) groups is 2. The van der Waals surface area contributed by atoms with Crippen LogP contribution in [-0.4, -0.2) is 42.9 Å². The van der Waals surface area contributed by atoms with Crippen LogP contribution in [-0.2, 0) is 9.59 Å². The number of rotatable bonds is 2. The Hall–Kier alpha value is -1.10. The Balaban J connectivity index is 2.49. The predicted octanol–water partition coefficient (Wildman–Crippen LogP) is -1.07. The molecule has 1 unspecified atom stereocenters. The van der Waals surface area contributed by atoms with Crippen molar-refractivity contribution in [2.24, 2.45) is 11.7 Å². The zero-order valence-electron chi connectivity index (χ0n) is 8.62. The van der Waals surface area contributed by atoms with E-state index in [1.165, 1.54) is 0 Å². The van der Waals surface area contributed by atoms with E-state index in [0.717, 1.165) is 6.42 Å². The van der Waals surface area contributed by atoms with Crippen LogP contribution >= 0.6 is 0 Å². The molecule has 0 aromatic carbocycles. The molecule has 1 saturated heterocycles.